The number of fused-ring (bicyclic) bond motifs is 1. The number of pyridine rings is 1. The summed E-state index contributed by atoms with van der Waals surface area (Å²) in [5.41, 5.74) is 1.97. The Morgan fingerprint density at radius 2 is 1.71 bits per heavy atom. The van der Waals surface area contributed by atoms with Crippen LogP contribution in [0.25, 0.3) is 22.2 Å². The Morgan fingerprint density at radius 3 is 2.38 bits per heavy atom. The maximum Gasteiger partial charge on any atom is 1.00 e. The van der Waals surface area contributed by atoms with Crippen LogP contribution >= 0.6 is 0 Å². The van der Waals surface area contributed by atoms with Crippen LogP contribution in [0.2, 0.25) is 0 Å². The molecule has 0 saturated heterocycles. The number of nitrogens with one attached hydrogen (secondary N) is 1. The van der Waals surface area contributed by atoms with Gasteiger partial charge in [-0.3, -0.25) is 4.79 Å². The number of hydrogen-bond acceptors (Lipinski definition) is 3. The van der Waals surface area contributed by atoms with Crippen molar-refractivity contribution >= 4 is 16.9 Å². The Bertz CT molecular complexity index is 856. The molecule has 0 amide bonds. The van der Waals surface area contributed by atoms with Crippen molar-refractivity contribution in [2.75, 3.05) is 0 Å². The number of aromatic amines is 1. The fourth-order valence-electron chi connectivity index (χ4n) is 2.15. The summed E-state index contributed by atoms with van der Waals surface area (Å²) in [6.07, 6.45) is 0. The summed E-state index contributed by atoms with van der Waals surface area (Å²) >= 11 is 0. The number of carbonyl (C=O) groups excluding carboxylic acids is 1. The van der Waals surface area contributed by atoms with E-state index in [1.54, 1.807) is 6.07 Å². The molecule has 1 N–H and O–H groups in total. The Balaban J connectivity index is 0.00000161. The number of hydrogen-bond donors (Lipinski definition) is 1. The number of rotatable bonds is 2. The number of carbonyl (C=O) groups is 1. The second-order valence-corrected chi connectivity index (χ2v) is 4.46. The molecule has 0 fully saturated rings. The van der Waals surface area contributed by atoms with Gasteiger partial charge in [-0.2, -0.15) is 0 Å². The summed E-state index contributed by atoms with van der Waals surface area (Å²) in [5, 5.41) is 11.2. The predicted molar refractivity (Wildman–Crippen MR) is 74.3 cm³/mol. The molecule has 21 heavy (non-hydrogen) atoms. The Morgan fingerprint density at radius 1 is 1.00 bits per heavy atom. The average molecular weight is 287 g/mol. The van der Waals surface area contributed by atoms with Gasteiger partial charge >= 0.3 is 29.6 Å². The molecule has 98 valence electrons. The van der Waals surface area contributed by atoms with Gasteiger partial charge < -0.3 is 14.9 Å². The van der Waals surface area contributed by atoms with E-state index in [0.29, 0.717) is 16.6 Å². The van der Waals surface area contributed by atoms with E-state index in [9.17, 15) is 14.7 Å². The van der Waals surface area contributed by atoms with Gasteiger partial charge in [0.1, 0.15) is 0 Å². The van der Waals surface area contributed by atoms with E-state index in [2.05, 4.69) is 4.98 Å². The predicted octanol–water partition coefficient (Wildman–Crippen LogP) is -1.44. The first-order valence-corrected chi connectivity index (χ1v) is 6.09. The number of aromatic nitrogens is 1. The minimum absolute atomic E-state index is 0. The molecule has 1 heterocycles. The Labute approximate surface area is 142 Å². The van der Waals surface area contributed by atoms with Crippen LogP contribution in [0, 0.1) is 0 Å². The van der Waals surface area contributed by atoms with Gasteiger partial charge in [0.2, 0.25) is 0 Å². The zero-order valence-corrected chi connectivity index (χ0v) is 13.4. The van der Waals surface area contributed by atoms with Crippen molar-refractivity contribution < 1.29 is 39.5 Å². The van der Waals surface area contributed by atoms with Crippen molar-refractivity contribution in [2.24, 2.45) is 0 Å². The fraction of sp³-hybridized carbons (Fsp3) is 0. The minimum Gasteiger partial charge on any atom is -0.545 e. The number of carboxylic acids is 1. The molecule has 0 aliphatic rings. The SMILES string of the molecule is O=C([O-])c1ccc2[nH]c(-c3ccccc3)cc(=O)c2c1.[Na+]. The molecule has 3 rings (SSSR count). The van der Waals surface area contributed by atoms with Crippen LogP contribution in [0.4, 0.5) is 0 Å². The number of aromatic carboxylic acids is 1. The second-order valence-electron chi connectivity index (χ2n) is 4.46. The third-order valence-electron chi connectivity index (χ3n) is 3.15. The van der Waals surface area contributed by atoms with E-state index in [-0.39, 0.29) is 40.5 Å². The molecule has 3 aromatic rings. The van der Waals surface area contributed by atoms with Crippen LogP contribution < -0.4 is 40.1 Å². The molecule has 5 heteroatoms. The van der Waals surface area contributed by atoms with E-state index in [4.69, 9.17) is 0 Å². The van der Waals surface area contributed by atoms with Crippen LogP contribution in [-0.2, 0) is 0 Å². The van der Waals surface area contributed by atoms with Crippen molar-refractivity contribution in [1.82, 2.24) is 4.98 Å². The van der Waals surface area contributed by atoms with Gasteiger partial charge in [-0.25, -0.2) is 0 Å². The van der Waals surface area contributed by atoms with Gasteiger partial charge in [0.25, 0.3) is 0 Å². The van der Waals surface area contributed by atoms with Crippen molar-refractivity contribution in [2.45, 2.75) is 0 Å². The largest absolute Gasteiger partial charge is 1.00 e. The third kappa shape index (κ3) is 3.08. The third-order valence-corrected chi connectivity index (χ3v) is 3.15. The molecule has 0 atom stereocenters. The van der Waals surface area contributed by atoms with Crippen molar-refractivity contribution in [3.63, 3.8) is 0 Å². The van der Waals surface area contributed by atoms with Gasteiger partial charge in [-0.05, 0) is 23.3 Å². The molecular formula is C16H10NNaO3. The summed E-state index contributed by atoms with van der Waals surface area (Å²) in [4.78, 5) is 26.1. The second kappa shape index (κ2) is 6.26. The van der Waals surface area contributed by atoms with Gasteiger partial charge in [0.15, 0.2) is 5.43 Å². The molecule has 0 bridgehead atoms. The average Bonchev–Trinajstić information content (AvgIpc) is 2.47. The molecule has 1 aromatic heterocycles. The standard InChI is InChI=1S/C16H11NO3.Na/c18-15-9-14(10-4-2-1-3-5-10)17-13-7-6-11(16(19)20)8-12(13)15;/h1-9H,(H,17,18)(H,19,20);/q;+1/p-1. The monoisotopic (exact) mass is 287 g/mol. The molecule has 0 unspecified atom stereocenters. The Hall–Kier alpha value is -1.88. The van der Waals surface area contributed by atoms with Gasteiger partial charge in [0.05, 0.1) is 5.97 Å². The zero-order valence-electron chi connectivity index (χ0n) is 11.4. The molecular weight excluding hydrogens is 277 g/mol. The first kappa shape index (κ1) is 15.5. The molecule has 0 spiro atoms. The zero-order chi connectivity index (χ0) is 14.1. The molecule has 2 aromatic carbocycles. The minimum atomic E-state index is -1.29. The van der Waals surface area contributed by atoms with E-state index >= 15 is 0 Å². The molecule has 0 saturated carbocycles. The van der Waals surface area contributed by atoms with E-state index < -0.39 is 5.97 Å². The van der Waals surface area contributed by atoms with Crippen LogP contribution in [-0.4, -0.2) is 11.0 Å². The normalized spacial score (nSPS) is 10.1. The smallest absolute Gasteiger partial charge is 0.545 e. The van der Waals surface area contributed by atoms with E-state index in [1.165, 1.54) is 18.2 Å². The van der Waals surface area contributed by atoms with Crippen LogP contribution in [0.1, 0.15) is 10.4 Å². The van der Waals surface area contributed by atoms with Crippen LogP contribution in [0.5, 0.6) is 0 Å². The quantitative estimate of drug-likeness (QED) is 0.587. The molecule has 0 aliphatic heterocycles. The molecule has 0 radical (unpaired) electrons. The van der Waals surface area contributed by atoms with E-state index in [1.807, 2.05) is 30.3 Å². The molecule has 4 nitrogen and oxygen atoms in total. The summed E-state index contributed by atoms with van der Waals surface area (Å²) in [6, 6.07) is 15.3. The fourth-order valence-corrected chi connectivity index (χ4v) is 2.15. The number of H-pyrrole nitrogens is 1. The van der Waals surface area contributed by atoms with Crippen molar-refractivity contribution in [3.8, 4) is 11.3 Å². The van der Waals surface area contributed by atoms with E-state index in [0.717, 1.165) is 5.56 Å². The Kier molecular flexibility index (Phi) is 4.63. The first-order valence-electron chi connectivity index (χ1n) is 6.09. The molecule has 0 aliphatic carbocycles. The van der Waals surface area contributed by atoms with Gasteiger partial charge in [0, 0.05) is 22.7 Å². The first-order chi connectivity index (χ1) is 9.65. The van der Waals surface area contributed by atoms with Crippen LogP contribution in [0.15, 0.2) is 59.4 Å². The maximum atomic E-state index is 12.1. The summed E-state index contributed by atoms with van der Waals surface area (Å²) in [5.74, 6) is -1.29. The van der Waals surface area contributed by atoms with Gasteiger partial charge in [-0.1, -0.05) is 36.4 Å². The van der Waals surface area contributed by atoms with Crippen molar-refractivity contribution in [1.29, 1.82) is 0 Å². The number of carboxylic acid groups (broad SMARTS) is 1. The summed E-state index contributed by atoms with van der Waals surface area (Å²) in [6.45, 7) is 0. The van der Waals surface area contributed by atoms with Crippen LogP contribution in [0.3, 0.4) is 0 Å². The summed E-state index contributed by atoms with van der Waals surface area (Å²) in [7, 11) is 0. The topological polar surface area (TPSA) is 73.0 Å². The van der Waals surface area contributed by atoms with Gasteiger partial charge in [-0.15, -0.1) is 0 Å². The van der Waals surface area contributed by atoms with Crippen molar-refractivity contribution in [3.05, 3.63) is 70.4 Å². The summed E-state index contributed by atoms with van der Waals surface area (Å²) < 4.78 is 0. The number of benzene rings is 2. The maximum absolute atomic E-state index is 12.1.